The first-order valence-corrected chi connectivity index (χ1v) is 8.49. The van der Waals surface area contributed by atoms with Crippen LogP contribution < -0.4 is 14.8 Å². The highest BCUT2D eigenvalue weighted by atomic mass is 16.6. The molecule has 1 N–H and O–H groups in total. The molecule has 9 heteroatoms. The number of rotatable bonds is 5. The molecule has 1 saturated heterocycles. The molecule has 1 aliphatic heterocycles. The highest BCUT2D eigenvalue weighted by Crippen LogP contribution is 2.18. The molecular formula is C17H26N4O5. The van der Waals surface area contributed by atoms with E-state index < -0.39 is 17.7 Å². The molecule has 1 aromatic rings. The van der Waals surface area contributed by atoms with Crippen molar-refractivity contribution in [2.75, 3.05) is 20.2 Å². The van der Waals surface area contributed by atoms with Gasteiger partial charge in [-0.2, -0.15) is 4.98 Å². The maximum atomic E-state index is 12.5. The van der Waals surface area contributed by atoms with Gasteiger partial charge in [-0.3, -0.25) is 9.78 Å². The lowest BCUT2D eigenvalue weighted by Crippen LogP contribution is -2.47. The fourth-order valence-corrected chi connectivity index (χ4v) is 2.50. The van der Waals surface area contributed by atoms with Crippen molar-refractivity contribution >= 4 is 12.0 Å². The number of likely N-dealkylation sites (tertiary alicyclic amines) is 1. The van der Waals surface area contributed by atoms with Crippen LogP contribution in [-0.2, 0) is 9.53 Å². The summed E-state index contributed by atoms with van der Waals surface area (Å²) in [6.07, 6.45) is 2.86. The lowest BCUT2D eigenvalue weighted by Gasteiger charge is -2.24. The van der Waals surface area contributed by atoms with Crippen LogP contribution in [0, 0.1) is 0 Å². The second kappa shape index (κ2) is 8.20. The Balaban J connectivity index is 1.85. The third-order valence-electron chi connectivity index (χ3n) is 3.65. The summed E-state index contributed by atoms with van der Waals surface area (Å²) in [6.45, 7) is 7.89. The molecule has 0 bridgehead atoms. The number of alkyl carbamates (subject to hydrolysis) is 1. The molecule has 0 aromatic carbocycles. The van der Waals surface area contributed by atoms with Crippen LogP contribution in [0.25, 0.3) is 0 Å². The number of ether oxygens (including phenoxy) is 3. The van der Waals surface area contributed by atoms with Crippen LogP contribution in [0.4, 0.5) is 4.79 Å². The first kappa shape index (κ1) is 19.7. The van der Waals surface area contributed by atoms with E-state index in [-0.39, 0.29) is 12.0 Å². The quantitative estimate of drug-likeness (QED) is 0.839. The summed E-state index contributed by atoms with van der Waals surface area (Å²) in [6, 6.07) is -0.680. The van der Waals surface area contributed by atoms with E-state index in [1.54, 1.807) is 32.6 Å². The predicted molar refractivity (Wildman–Crippen MR) is 93.0 cm³/mol. The van der Waals surface area contributed by atoms with Crippen LogP contribution in [0.2, 0.25) is 0 Å². The predicted octanol–water partition coefficient (Wildman–Crippen LogP) is 1.38. The van der Waals surface area contributed by atoms with Gasteiger partial charge in [0, 0.05) is 13.0 Å². The van der Waals surface area contributed by atoms with E-state index >= 15 is 0 Å². The van der Waals surface area contributed by atoms with Gasteiger partial charge in [-0.05, 0) is 27.7 Å². The molecule has 9 nitrogen and oxygen atoms in total. The number of aromatic nitrogens is 2. The summed E-state index contributed by atoms with van der Waals surface area (Å²) in [4.78, 5) is 34.1. The monoisotopic (exact) mass is 366 g/mol. The van der Waals surface area contributed by atoms with Crippen LogP contribution in [0.5, 0.6) is 11.8 Å². The van der Waals surface area contributed by atoms with Crippen molar-refractivity contribution in [1.82, 2.24) is 20.2 Å². The second-order valence-corrected chi connectivity index (χ2v) is 7.08. The van der Waals surface area contributed by atoms with Crippen molar-refractivity contribution in [3.05, 3.63) is 12.4 Å². The van der Waals surface area contributed by atoms with Crippen LogP contribution in [0.15, 0.2) is 12.4 Å². The van der Waals surface area contributed by atoms with Gasteiger partial charge in [0.05, 0.1) is 26.0 Å². The van der Waals surface area contributed by atoms with Crippen molar-refractivity contribution in [3.8, 4) is 11.8 Å². The SMILES string of the molecule is COc1cncc(OC2CCN(C(=O)C(C)NC(=O)OC(C)(C)C)C2)n1. The number of amides is 2. The smallest absolute Gasteiger partial charge is 0.408 e. The molecule has 0 spiro atoms. The average molecular weight is 366 g/mol. The van der Waals surface area contributed by atoms with Crippen molar-refractivity contribution in [1.29, 1.82) is 0 Å². The van der Waals surface area contributed by atoms with Crippen molar-refractivity contribution in [2.45, 2.75) is 51.9 Å². The Labute approximate surface area is 153 Å². The molecule has 1 fully saturated rings. The lowest BCUT2D eigenvalue weighted by atomic mass is 10.2. The van der Waals surface area contributed by atoms with Gasteiger partial charge in [-0.1, -0.05) is 0 Å². The Bertz CT molecular complexity index is 646. The lowest BCUT2D eigenvalue weighted by molar-refractivity contribution is -0.132. The van der Waals surface area contributed by atoms with Crippen molar-refractivity contribution in [2.24, 2.45) is 0 Å². The molecule has 0 radical (unpaired) electrons. The molecule has 144 valence electrons. The van der Waals surface area contributed by atoms with Crippen LogP contribution in [0.1, 0.15) is 34.1 Å². The molecule has 2 unspecified atom stereocenters. The molecule has 2 rings (SSSR count). The van der Waals surface area contributed by atoms with E-state index in [1.807, 2.05) is 0 Å². The standard InChI is InChI=1S/C17H26N4O5/c1-11(19-16(23)26-17(2,3)4)15(22)21-7-6-12(10-21)25-14-9-18-8-13(20-14)24-5/h8-9,11-12H,6-7,10H2,1-5H3,(H,19,23). The largest absolute Gasteiger partial charge is 0.480 e. The summed E-state index contributed by atoms with van der Waals surface area (Å²) >= 11 is 0. The van der Waals surface area contributed by atoms with Gasteiger partial charge in [0.25, 0.3) is 0 Å². The average Bonchev–Trinajstić information content (AvgIpc) is 3.00. The van der Waals surface area contributed by atoms with Gasteiger partial charge in [0.15, 0.2) is 0 Å². The second-order valence-electron chi connectivity index (χ2n) is 7.08. The van der Waals surface area contributed by atoms with Crippen molar-refractivity contribution in [3.63, 3.8) is 0 Å². The molecule has 26 heavy (non-hydrogen) atoms. The summed E-state index contributed by atoms with van der Waals surface area (Å²) < 4.78 is 15.9. The first-order valence-electron chi connectivity index (χ1n) is 8.49. The van der Waals surface area contributed by atoms with Gasteiger partial charge in [0.2, 0.25) is 17.7 Å². The summed E-state index contributed by atoms with van der Waals surface area (Å²) in [5.41, 5.74) is -0.614. The maximum absolute atomic E-state index is 12.5. The van der Waals surface area contributed by atoms with Crippen LogP contribution >= 0.6 is 0 Å². The van der Waals surface area contributed by atoms with Gasteiger partial charge in [0.1, 0.15) is 17.7 Å². The van der Waals surface area contributed by atoms with Gasteiger partial charge in [-0.15, -0.1) is 0 Å². The molecular weight excluding hydrogens is 340 g/mol. The Kier molecular flexibility index (Phi) is 6.23. The summed E-state index contributed by atoms with van der Waals surface area (Å²) in [5, 5.41) is 2.56. The Morgan fingerprint density at radius 3 is 2.65 bits per heavy atom. The van der Waals surface area contributed by atoms with Crippen LogP contribution in [-0.4, -0.2) is 64.8 Å². The zero-order chi connectivity index (χ0) is 19.3. The number of nitrogens with zero attached hydrogens (tertiary/aromatic N) is 3. The third kappa shape index (κ3) is 5.75. The van der Waals surface area contributed by atoms with Gasteiger partial charge < -0.3 is 24.4 Å². The molecule has 1 aliphatic rings. The molecule has 2 atom stereocenters. The Morgan fingerprint density at radius 2 is 2.00 bits per heavy atom. The van der Waals surface area contributed by atoms with Crippen LogP contribution in [0.3, 0.4) is 0 Å². The van der Waals surface area contributed by atoms with Crippen molar-refractivity contribution < 1.29 is 23.8 Å². The zero-order valence-corrected chi connectivity index (χ0v) is 15.8. The minimum Gasteiger partial charge on any atom is -0.480 e. The highest BCUT2D eigenvalue weighted by molar-refractivity contribution is 5.85. The third-order valence-corrected chi connectivity index (χ3v) is 3.65. The molecule has 1 aromatic heterocycles. The maximum Gasteiger partial charge on any atom is 0.408 e. The molecule has 0 saturated carbocycles. The Morgan fingerprint density at radius 1 is 1.31 bits per heavy atom. The minimum atomic E-state index is -0.680. The number of hydrogen-bond donors (Lipinski definition) is 1. The number of carbonyl (C=O) groups excluding carboxylic acids is 2. The normalized spacial score (nSPS) is 18.2. The summed E-state index contributed by atoms with van der Waals surface area (Å²) in [5.74, 6) is 0.533. The van der Waals surface area contributed by atoms with Gasteiger partial charge >= 0.3 is 6.09 Å². The number of hydrogen-bond acceptors (Lipinski definition) is 7. The fraction of sp³-hybridized carbons (Fsp3) is 0.647. The molecule has 0 aliphatic carbocycles. The zero-order valence-electron chi connectivity index (χ0n) is 15.8. The summed E-state index contributed by atoms with van der Waals surface area (Å²) in [7, 11) is 1.50. The number of methoxy groups -OCH3 is 1. The fourth-order valence-electron chi connectivity index (χ4n) is 2.50. The minimum absolute atomic E-state index is 0.182. The number of nitrogens with one attached hydrogen (secondary N) is 1. The topological polar surface area (TPSA) is 103 Å². The number of carbonyl (C=O) groups is 2. The molecule has 2 amide bonds. The van der Waals surface area contributed by atoms with E-state index in [9.17, 15) is 9.59 Å². The van der Waals surface area contributed by atoms with E-state index in [0.29, 0.717) is 31.3 Å². The van der Waals surface area contributed by atoms with Gasteiger partial charge in [-0.25, -0.2) is 4.79 Å². The van der Waals surface area contributed by atoms with E-state index in [0.717, 1.165) is 0 Å². The van der Waals surface area contributed by atoms with E-state index in [2.05, 4.69) is 15.3 Å². The molecule has 2 heterocycles. The van der Waals surface area contributed by atoms with E-state index in [1.165, 1.54) is 19.5 Å². The highest BCUT2D eigenvalue weighted by Gasteiger charge is 2.31. The van der Waals surface area contributed by atoms with E-state index in [4.69, 9.17) is 14.2 Å². The first-order chi connectivity index (χ1) is 12.2. The Hall–Kier alpha value is -2.58.